The number of rotatable bonds is 1. The van der Waals surface area contributed by atoms with E-state index in [4.69, 9.17) is 0 Å². The van der Waals surface area contributed by atoms with E-state index in [0.29, 0.717) is 0 Å². The van der Waals surface area contributed by atoms with Crippen LogP contribution in [-0.4, -0.2) is 5.11 Å². The molecule has 1 N–H and O–H groups in total. The van der Waals surface area contributed by atoms with Crippen molar-refractivity contribution >= 4 is 0 Å². The molecule has 0 heterocycles. The fourth-order valence-corrected chi connectivity index (χ4v) is 3.04. The Hall–Kier alpha value is -2.04. The fourth-order valence-electron chi connectivity index (χ4n) is 3.04. The highest BCUT2D eigenvalue weighted by molar-refractivity contribution is 5.34. The lowest BCUT2D eigenvalue weighted by atomic mass is 9.91. The summed E-state index contributed by atoms with van der Waals surface area (Å²) in [5, 5.41) is 10.6. The summed E-state index contributed by atoms with van der Waals surface area (Å²) in [5.41, 5.74) is 3.44. The van der Waals surface area contributed by atoms with Crippen molar-refractivity contribution in [2.24, 2.45) is 5.92 Å². The zero-order valence-corrected chi connectivity index (χ0v) is 12.1. The number of fused-ring (bicyclic) bond motifs is 1. The van der Waals surface area contributed by atoms with Crippen LogP contribution >= 0.6 is 0 Å². The lowest BCUT2D eigenvalue weighted by Gasteiger charge is -2.19. The van der Waals surface area contributed by atoms with E-state index in [0.717, 1.165) is 36.8 Å². The molecule has 0 saturated heterocycles. The molecule has 0 saturated carbocycles. The largest absolute Gasteiger partial charge is 0.388 e. The number of hydrogen-bond donors (Lipinski definition) is 1. The Kier molecular flexibility index (Phi) is 4.38. The van der Waals surface area contributed by atoms with Crippen LogP contribution in [0.5, 0.6) is 0 Å². The molecule has 2 aromatic rings. The zero-order valence-electron chi connectivity index (χ0n) is 12.1. The minimum absolute atomic E-state index is 0.241. The van der Waals surface area contributed by atoms with Gasteiger partial charge >= 0.3 is 0 Å². The van der Waals surface area contributed by atoms with Crippen molar-refractivity contribution in [1.82, 2.24) is 0 Å². The maximum absolute atomic E-state index is 10.6. The molecule has 0 bridgehead atoms. The van der Waals surface area contributed by atoms with E-state index >= 15 is 0 Å². The van der Waals surface area contributed by atoms with Gasteiger partial charge in [-0.2, -0.15) is 0 Å². The predicted molar refractivity (Wildman–Crippen MR) is 85.8 cm³/mol. The van der Waals surface area contributed by atoms with Gasteiger partial charge in [-0.25, -0.2) is 0 Å². The molecule has 2 atom stereocenters. The van der Waals surface area contributed by atoms with Crippen LogP contribution in [0.25, 0.3) is 0 Å². The summed E-state index contributed by atoms with van der Waals surface area (Å²) < 4.78 is 0. The van der Waals surface area contributed by atoms with Crippen LogP contribution in [0.3, 0.4) is 0 Å². The first-order chi connectivity index (χ1) is 10.3. The average molecular weight is 276 g/mol. The molecule has 1 aliphatic carbocycles. The van der Waals surface area contributed by atoms with Gasteiger partial charge in [-0.3, -0.25) is 0 Å². The number of hydrogen-bond acceptors (Lipinski definition) is 1. The lowest BCUT2D eigenvalue weighted by Crippen LogP contribution is -2.11. The van der Waals surface area contributed by atoms with Crippen molar-refractivity contribution < 1.29 is 5.11 Å². The van der Waals surface area contributed by atoms with Gasteiger partial charge in [0.25, 0.3) is 0 Å². The smallest absolute Gasteiger partial charge is 0.0829 e. The second-order valence-corrected chi connectivity index (χ2v) is 5.67. The number of aliphatic hydroxyl groups excluding tert-OH is 1. The standard InChI is InChI=1S/C20H20O/c21-20-18(13-6-10-16-8-2-1-3-9-16)14-7-12-17-11-4-5-15-19(17)20/h1-5,8-9,11,15,18,20-21H,7,12-14H2. The van der Waals surface area contributed by atoms with Crippen LogP contribution in [0.1, 0.15) is 42.1 Å². The van der Waals surface area contributed by atoms with Gasteiger partial charge in [0, 0.05) is 12.0 Å². The Balaban J connectivity index is 1.73. The first-order valence-electron chi connectivity index (χ1n) is 7.64. The van der Waals surface area contributed by atoms with E-state index in [2.05, 4.69) is 30.0 Å². The number of benzene rings is 2. The zero-order chi connectivity index (χ0) is 14.5. The van der Waals surface area contributed by atoms with Crippen molar-refractivity contribution in [3.63, 3.8) is 0 Å². The molecule has 2 unspecified atom stereocenters. The van der Waals surface area contributed by atoms with Crippen LogP contribution < -0.4 is 0 Å². The molecule has 0 fully saturated rings. The molecular formula is C20H20O. The molecule has 21 heavy (non-hydrogen) atoms. The van der Waals surface area contributed by atoms with Crippen LogP contribution in [0.15, 0.2) is 54.6 Å². The summed E-state index contributed by atoms with van der Waals surface area (Å²) in [6.07, 6.45) is 3.61. The highest BCUT2D eigenvalue weighted by Crippen LogP contribution is 2.34. The van der Waals surface area contributed by atoms with E-state index in [1.807, 2.05) is 36.4 Å². The number of aliphatic hydroxyl groups is 1. The average Bonchev–Trinajstić information content (AvgIpc) is 2.69. The Bertz CT molecular complexity index is 648. The molecule has 106 valence electrons. The van der Waals surface area contributed by atoms with Crippen LogP contribution in [-0.2, 0) is 6.42 Å². The summed E-state index contributed by atoms with van der Waals surface area (Å²) in [5.74, 6) is 6.69. The highest BCUT2D eigenvalue weighted by atomic mass is 16.3. The Labute approximate surface area is 126 Å². The van der Waals surface area contributed by atoms with Crippen molar-refractivity contribution in [3.8, 4) is 11.8 Å². The summed E-state index contributed by atoms with van der Waals surface area (Å²) in [7, 11) is 0. The van der Waals surface area contributed by atoms with Gasteiger partial charge in [0.15, 0.2) is 0 Å². The third kappa shape index (κ3) is 3.35. The summed E-state index contributed by atoms with van der Waals surface area (Å²) in [6.45, 7) is 0. The second kappa shape index (κ2) is 6.61. The molecule has 1 heteroatoms. The molecule has 3 rings (SSSR count). The third-order valence-electron chi connectivity index (χ3n) is 4.21. The predicted octanol–water partition coefficient (Wildman–Crippen LogP) is 4.11. The lowest BCUT2D eigenvalue weighted by molar-refractivity contribution is 0.108. The normalized spacial score (nSPS) is 20.8. The Morgan fingerprint density at radius 2 is 1.76 bits per heavy atom. The van der Waals surface area contributed by atoms with E-state index in [-0.39, 0.29) is 12.0 Å². The molecular weight excluding hydrogens is 256 g/mol. The summed E-state index contributed by atoms with van der Waals surface area (Å²) >= 11 is 0. The van der Waals surface area contributed by atoms with E-state index in [9.17, 15) is 5.11 Å². The minimum Gasteiger partial charge on any atom is -0.388 e. The van der Waals surface area contributed by atoms with Crippen LogP contribution in [0.2, 0.25) is 0 Å². The Morgan fingerprint density at radius 3 is 2.62 bits per heavy atom. The first kappa shape index (κ1) is 13.9. The van der Waals surface area contributed by atoms with Gasteiger partial charge in [0.05, 0.1) is 6.10 Å². The van der Waals surface area contributed by atoms with Crippen molar-refractivity contribution in [1.29, 1.82) is 0 Å². The molecule has 2 aromatic carbocycles. The molecule has 1 nitrogen and oxygen atoms in total. The SMILES string of the molecule is OC1c2ccccc2CCCC1CC#Cc1ccccc1. The van der Waals surface area contributed by atoms with Gasteiger partial charge in [0.1, 0.15) is 0 Å². The fraction of sp³-hybridized carbons (Fsp3) is 0.300. The molecule has 0 radical (unpaired) electrons. The maximum Gasteiger partial charge on any atom is 0.0829 e. The molecule has 0 amide bonds. The van der Waals surface area contributed by atoms with Crippen LogP contribution in [0.4, 0.5) is 0 Å². The molecule has 0 spiro atoms. The molecule has 1 aliphatic rings. The van der Waals surface area contributed by atoms with Crippen molar-refractivity contribution in [2.75, 3.05) is 0 Å². The van der Waals surface area contributed by atoms with Crippen molar-refractivity contribution in [3.05, 3.63) is 71.3 Å². The topological polar surface area (TPSA) is 20.2 Å². The second-order valence-electron chi connectivity index (χ2n) is 5.67. The first-order valence-corrected chi connectivity index (χ1v) is 7.64. The highest BCUT2D eigenvalue weighted by Gasteiger charge is 2.24. The van der Waals surface area contributed by atoms with Crippen LogP contribution in [0, 0.1) is 17.8 Å². The quantitative estimate of drug-likeness (QED) is 0.614. The van der Waals surface area contributed by atoms with Gasteiger partial charge in [-0.1, -0.05) is 54.3 Å². The van der Waals surface area contributed by atoms with Gasteiger partial charge in [-0.15, -0.1) is 0 Å². The summed E-state index contributed by atoms with van der Waals surface area (Å²) in [4.78, 5) is 0. The monoisotopic (exact) mass is 276 g/mol. The Morgan fingerprint density at radius 1 is 1.00 bits per heavy atom. The van der Waals surface area contributed by atoms with Gasteiger partial charge in [-0.05, 0) is 48.4 Å². The number of aryl methyl sites for hydroxylation is 1. The van der Waals surface area contributed by atoms with Crippen molar-refractivity contribution in [2.45, 2.75) is 31.8 Å². The van der Waals surface area contributed by atoms with E-state index in [1.54, 1.807) is 0 Å². The maximum atomic E-state index is 10.6. The minimum atomic E-state index is -0.381. The van der Waals surface area contributed by atoms with Gasteiger partial charge in [0.2, 0.25) is 0 Å². The molecule has 0 aromatic heterocycles. The molecule has 0 aliphatic heterocycles. The van der Waals surface area contributed by atoms with E-state index < -0.39 is 0 Å². The summed E-state index contributed by atoms with van der Waals surface area (Å²) in [6, 6.07) is 18.3. The van der Waals surface area contributed by atoms with E-state index in [1.165, 1.54) is 5.56 Å². The van der Waals surface area contributed by atoms with Gasteiger partial charge < -0.3 is 5.11 Å². The third-order valence-corrected chi connectivity index (χ3v) is 4.21.